The number of nitrogens with zero attached hydrogens (tertiary/aromatic N) is 1. The maximum Gasteiger partial charge on any atom is 0.335 e. The van der Waals surface area contributed by atoms with Crippen LogP contribution in [0, 0.1) is 6.92 Å². The molecule has 0 unspecified atom stereocenters. The monoisotopic (exact) mass is 364 g/mol. The number of aromatic carboxylic acids is 1. The van der Waals surface area contributed by atoms with Crippen LogP contribution in [0.25, 0.3) is 0 Å². The fourth-order valence-electron chi connectivity index (χ4n) is 1.52. The molecule has 0 aromatic heterocycles. The van der Waals surface area contributed by atoms with Gasteiger partial charge in [0.1, 0.15) is 0 Å². The largest absolute Gasteiger partial charge is 0.478 e. The fraction of sp³-hybridized carbons (Fsp3) is 0.273. The number of likely N-dealkylation sites (N-methyl/N-ethyl adjacent to an activating group) is 1. The smallest absolute Gasteiger partial charge is 0.335 e. The summed E-state index contributed by atoms with van der Waals surface area (Å²) in [6, 6.07) is 2.38. The topological polar surface area (TPSA) is 118 Å². The van der Waals surface area contributed by atoms with Crippen molar-refractivity contribution in [1.82, 2.24) is 4.31 Å². The van der Waals surface area contributed by atoms with Crippen LogP contribution in [0.4, 0.5) is 0 Å². The van der Waals surface area contributed by atoms with Crippen molar-refractivity contribution in [1.29, 1.82) is 0 Å². The number of rotatable bonds is 5. The molecule has 0 atom stereocenters. The van der Waals surface area contributed by atoms with E-state index in [1.165, 1.54) is 13.1 Å². The minimum absolute atomic E-state index is 0.156. The van der Waals surface area contributed by atoms with Crippen LogP contribution >= 0.6 is 15.9 Å². The highest BCUT2D eigenvalue weighted by molar-refractivity contribution is 9.10. The number of carbonyl (C=O) groups is 2. The van der Waals surface area contributed by atoms with E-state index in [1.54, 1.807) is 6.92 Å². The Balaban J connectivity index is 3.45. The number of carboxylic acids is 1. The van der Waals surface area contributed by atoms with Crippen LogP contribution in [-0.4, -0.2) is 43.3 Å². The second kappa shape index (κ2) is 5.90. The Morgan fingerprint density at radius 1 is 1.40 bits per heavy atom. The molecule has 0 saturated heterocycles. The molecule has 0 fully saturated rings. The second-order valence-electron chi connectivity index (χ2n) is 4.14. The van der Waals surface area contributed by atoms with Gasteiger partial charge in [-0.25, -0.2) is 13.2 Å². The number of hydrogen-bond acceptors (Lipinski definition) is 4. The van der Waals surface area contributed by atoms with Gasteiger partial charge in [0.15, 0.2) is 0 Å². The van der Waals surface area contributed by atoms with Gasteiger partial charge in [0.05, 0.1) is 17.0 Å². The molecule has 0 spiro atoms. The number of carbonyl (C=O) groups excluding carboxylic acids is 1. The summed E-state index contributed by atoms with van der Waals surface area (Å²) in [4.78, 5) is 21.6. The van der Waals surface area contributed by atoms with Crippen LogP contribution in [0.2, 0.25) is 0 Å². The predicted octanol–water partition coefficient (Wildman–Crippen LogP) is 0.562. The van der Waals surface area contributed by atoms with E-state index >= 15 is 0 Å². The summed E-state index contributed by atoms with van der Waals surface area (Å²) in [5.74, 6) is -2.05. The number of amides is 1. The van der Waals surface area contributed by atoms with Crippen LogP contribution in [-0.2, 0) is 14.8 Å². The second-order valence-corrected chi connectivity index (χ2v) is 6.94. The molecule has 0 aliphatic rings. The van der Waals surface area contributed by atoms with E-state index in [4.69, 9.17) is 10.8 Å². The maximum atomic E-state index is 12.3. The molecule has 0 radical (unpaired) electrons. The number of primary amides is 1. The Bertz CT molecular complexity index is 672. The van der Waals surface area contributed by atoms with Crippen molar-refractivity contribution in [3.63, 3.8) is 0 Å². The lowest BCUT2D eigenvalue weighted by Crippen LogP contribution is -2.35. The van der Waals surface area contributed by atoms with E-state index in [2.05, 4.69) is 15.9 Å². The van der Waals surface area contributed by atoms with Crippen molar-refractivity contribution in [2.75, 3.05) is 13.6 Å². The summed E-state index contributed by atoms with van der Waals surface area (Å²) in [6.07, 6.45) is 0. The predicted molar refractivity (Wildman–Crippen MR) is 74.8 cm³/mol. The van der Waals surface area contributed by atoms with Crippen LogP contribution < -0.4 is 5.73 Å². The number of hydrogen-bond donors (Lipinski definition) is 2. The lowest BCUT2D eigenvalue weighted by molar-refractivity contribution is -0.118. The zero-order valence-electron chi connectivity index (χ0n) is 10.8. The Kier molecular flexibility index (Phi) is 4.90. The van der Waals surface area contributed by atoms with Gasteiger partial charge >= 0.3 is 5.97 Å². The van der Waals surface area contributed by atoms with Crippen molar-refractivity contribution in [3.8, 4) is 0 Å². The summed E-state index contributed by atoms with van der Waals surface area (Å²) in [7, 11) is -2.83. The van der Waals surface area contributed by atoms with Crippen LogP contribution in [0.15, 0.2) is 21.5 Å². The van der Waals surface area contributed by atoms with Gasteiger partial charge in [0, 0.05) is 11.5 Å². The first-order valence-corrected chi connectivity index (χ1v) is 7.58. The lowest BCUT2D eigenvalue weighted by atomic mass is 10.1. The summed E-state index contributed by atoms with van der Waals surface area (Å²) in [6.45, 7) is 1.08. The Morgan fingerprint density at radius 3 is 2.40 bits per heavy atom. The molecule has 0 heterocycles. The quantitative estimate of drug-likeness (QED) is 0.791. The Hall–Kier alpha value is -1.45. The number of nitrogens with two attached hydrogens (primary N) is 1. The molecule has 7 nitrogen and oxygen atoms in total. The lowest BCUT2D eigenvalue weighted by Gasteiger charge is -2.17. The molecule has 0 aliphatic heterocycles. The minimum Gasteiger partial charge on any atom is -0.478 e. The zero-order chi connectivity index (χ0) is 15.7. The number of carboxylic acid groups (broad SMARTS) is 1. The van der Waals surface area contributed by atoms with Gasteiger partial charge < -0.3 is 10.8 Å². The molecule has 0 saturated carbocycles. The summed E-state index contributed by atoms with van der Waals surface area (Å²) < 4.78 is 25.6. The normalized spacial score (nSPS) is 11.6. The Labute approximate surface area is 124 Å². The van der Waals surface area contributed by atoms with E-state index in [1.807, 2.05) is 0 Å². The molecular formula is C11H13BrN2O5S. The Morgan fingerprint density at radius 2 is 1.95 bits per heavy atom. The van der Waals surface area contributed by atoms with E-state index in [0.29, 0.717) is 5.56 Å². The molecule has 3 N–H and O–H groups in total. The highest BCUT2D eigenvalue weighted by Gasteiger charge is 2.26. The maximum absolute atomic E-state index is 12.3. The van der Waals surface area contributed by atoms with Crippen molar-refractivity contribution < 1.29 is 23.1 Å². The third-order valence-electron chi connectivity index (χ3n) is 2.53. The molecule has 1 aromatic carbocycles. The molecule has 0 aliphatic carbocycles. The van der Waals surface area contributed by atoms with Gasteiger partial charge in [0.2, 0.25) is 15.9 Å². The van der Waals surface area contributed by atoms with Gasteiger partial charge in [-0.2, -0.15) is 4.31 Å². The number of benzene rings is 1. The third kappa shape index (κ3) is 3.35. The molecule has 1 amide bonds. The van der Waals surface area contributed by atoms with E-state index in [-0.39, 0.29) is 14.9 Å². The van der Waals surface area contributed by atoms with E-state index in [0.717, 1.165) is 10.4 Å². The number of sulfonamides is 1. The summed E-state index contributed by atoms with van der Waals surface area (Å²) in [5, 5.41) is 8.98. The van der Waals surface area contributed by atoms with E-state index < -0.39 is 28.4 Å². The van der Waals surface area contributed by atoms with Crippen LogP contribution in [0.3, 0.4) is 0 Å². The van der Waals surface area contributed by atoms with Crippen molar-refractivity contribution >= 4 is 37.8 Å². The van der Waals surface area contributed by atoms with Crippen LogP contribution in [0.5, 0.6) is 0 Å². The summed E-state index contributed by atoms with van der Waals surface area (Å²) >= 11 is 3.12. The average Bonchev–Trinajstić information content (AvgIpc) is 2.30. The van der Waals surface area contributed by atoms with Crippen molar-refractivity contribution in [3.05, 3.63) is 27.7 Å². The van der Waals surface area contributed by atoms with Gasteiger partial charge in [-0.1, -0.05) is 0 Å². The average molecular weight is 365 g/mol. The number of halogens is 1. The van der Waals surface area contributed by atoms with Gasteiger partial charge in [-0.3, -0.25) is 4.79 Å². The highest BCUT2D eigenvalue weighted by atomic mass is 79.9. The summed E-state index contributed by atoms with van der Waals surface area (Å²) in [5.41, 5.74) is 5.26. The molecule has 9 heteroatoms. The van der Waals surface area contributed by atoms with Crippen molar-refractivity contribution in [2.45, 2.75) is 11.8 Å². The van der Waals surface area contributed by atoms with Crippen LogP contribution in [0.1, 0.15) is 15.9 Å². The van der Waals surface area contributed by atoms with Gasteiger partial charge in [0.25, 0.3) is 0 Å². The molecular weight excluding hydrogens is 352 g/mol. The molecule has 1 aromatic rings. The fourth-order valence-corrected chi connectivity index (χ4v) is 3.66. The highest BCUT2D eigenvalue weighted by Crippen LogP contribution is 2.29. The molecule has 1 rings (SSSR count). The first kappa shape index (κ1) is 16.6. The first-order chi connectivity index (χ1) is 9.07. The zero-order valence-corrected chi connectivity index (χ0v) is 13.2. The third-order valence-corrected chi connectivity index (χ3v) is 5.68. The van der Waals surface area contributed by atoms with Crippen molar-refractivity contribution in [2.24, 2.45) is 5.73 Å². The van der Waals surface area contributed by atoms with Gasteiger partial charge in [-0.15, -0.1) is 0 Å². The standard InChI is InChI=1S/C11H13BrN2O5S/c1-6-3-7(11(16)17)4-8(10(6)12)20(18,19)14(2)5-9(13)15/h3-4H,5H2,1-2H3,(H2,13,15)(H,16,17). The molecule has 20 heavy (non-hydrogen) atoms. The van der Waals surface area contributed by atoms with Gasteiger partial charge in [-0.05, 0) is 40.5 Å². The number of aryl methyl sites for hydroxylation is 1. The molecule has 110 valence electrons. The molecule has 0 bridgehead atoms. The van der Waals surface area contributed by atoms with E-state index in [9.17, 15) is 18.0 Å². The SMILES string of the molecule is Cc1cc(C(=O)O)cc(S(=O)(=O)N(C)CC(N)=O)c1Br. The first-order valence-electron chi connectivity index (χ1n) is 5.35. The minimum atomic E-state index is -4.02.